The minimum absolute atomic E-state index is 0.0615. The Bertz CT molecular complexity index is 615. The summed E-state index contributed by atoms with van der Waals surface area (Å²) in [6.07, 6.45) is 0. The first kappa shape index (κ1) is 13.0. The molecule has 0 aliphatic rings. The molecule has 6 nitrogen and oxygen atoms in total. The SMILES string of the molecule is O=S(=O)(F)CCSc1nnnn1-c1ccccc1. The summed E-state index contributed by atoms with van der Waals surface area (Å²) in [5.74, 6) is -0.495. The first-order valence-electron chi connectivity index (χ1n) is 4.95. The Morgan fingerprint density at radius 1 is 1.28 bits per heavy atom. The highest BCUT2D eigenvalue weighted by Crippen LogP contribution is 2.18. The summed E-state index contributed by atoms with van der Waals surface area (Å²) in [6.45, 7) is 0. The van der Waals surface area contributed by atoms with E-state index in [1.807, 2.05) is 30.3 Å². The molecule has 0 bridgehead atoms. The molecule has 0 aliphatic carbocycles. The fraction of sp³-hybridized carbons (Fsp3) is 0.222. The van der Waals surface area contributed by atoms with Gasteiger partial charge in [-0.1, -0.05) is 30.0 Å². The number of halogens is 1. The van der Waals surface area contributed by atoms with Crippen LogP contribution in [0.5, 0.6) is 0 Å². The van der Waals surface area contributed by atoms with Crippen LogP contribution in [-0.2, 0) is 10.2 Å². The maximum atomic E-state index is 12.3. The molecule has 0 atom stereocenters. The largest absolute Gasteiger partial charge is 0.303 e. The van der Waals surface area contributed by atoms with Crippen LogP contribution in [0.4, 0.5) is 3.89 Å². The Morgan fingerprint density at radius 2 is 2.00 bits per heavy atom. The molecule has 0 N–H and O–H groups in total. The van der Waals surface area contributed by atoms with Gasteiger partial charge in [0.05, 0.1) is 11.4 Å². The number of hydrogen-bond donors (Lipinski definition) is 0. The van der Waals surface area contributed by atoms with E-state index in [1.165, 1.54) is 4.68 Å². The van der Waals surface area contributed by atoms with Crippen molar-refractivity contribution < 1.29 is 12.3 Å². The van der Waals surface area contributed by atoms with Crippen molar-refractivity contribution >= 4 is 22.0 Å². The molecule has 2 aromatic rings. The van der Waals surface area contributed by atoms with Crippen LogP contribution in [0.15, 0.2) is 35.5 Å². The molecule has 0 unspecified atom stereocenters. The van der Waals surface area contributed by atoms with E-state index in [2.05, 4.69) is 15.5 Å². The van der Waals surface area contributed by atoms with Crippen molar-refractivity contribution in [3.8, 4) is 5.69 Å². The smallest absolute Gasteiger partial charge is 0.195 e. The predicted octanol–water partition coefficient (Wildman–Crippen LogP) is 1.05. The molecule has 0 radical (unpaired) electrons. The lowest BCUT2D eigenvalue weighted by Crippen LogP contribution is -2.03. The number of rotatable bonds is 5. The lowest BCUT2D eigenvalue weighted by molar-refractivity contribution is 0.554. The van der Waals surface area contributed by atoms with E-state index < -0.39 is 16.0 Å². The Labute approximate surface area is 107 Å². The molecule has 0 aliphatic heterocycles. The first-order chi connectivity index (χ1) is 8.56. The van der Waals surface area contributed by atoms with Crippen molar-refractivity contribution in [3.05, 3.63) is 30.3 Å². The number of thioether (sulfide) groups is 1. The van der Waals surface area contributed by atoms with Gasteiger partial charge < -0.3 is 0 Å². The highest BCUT2D eigenvalue weighted by atomic mass is 32.3. The van der Waals surface area contributed by atoms with Crippen molar-refractivity contribution in [1.29, 1.82) is 0 Å². The standard InChI is InChI=1S/C9H9FN4O2S2/c10-18(15,16)7-6-17-9-11-12-13-14(9)8-4-2-1-3-5-8/h1-5H,6-7H2. The second-order valence-corrected chi connectivity index (χ2v) is 5.85. The molecule has 18 heavy (non-hydrogen) atoms. The zero-order chi connectivity index (χ0) is 13.0. The summed E-state index contributed by atoms with van der Waals surface area (Å²) in [6, 6.07) is 9.14. The van der Waals surface area contributed by atoms with Crippen LogP contribution in [0.3, 0.4) is 0 Å². The van der Waals surface area contributed by atoms with Gasteiger partial charge in [-0.15, -0.1) is 8.98 Å². The third-order valence-corrected chi connectivity index (χ3v) is 3.87. The minimum Gasteiger partial charge on any atom is -0.195 e. The third kappa shape index (κ3) is 3.50. The molecule has 0 fully saturated rings. The van der Waals surface area contributed by atoms with Crippen molar-refractivity contribution in [2.75, 3.05) is 11.5 Å². The van der Waals surface area contributed by atoms with Gasteiger partial charge in [-0.05, 0) is 22.6 Å². The normalized spacial score (nSPS) is 11.6. The molecule has 0 amide bonds. The van der Waals surface area contributed by atoms with Gasteiger partial charge in [0.1, 0.15) is 0 Å². The summed E-state index contributed by atoms with van der Waals surface area (Å²) < 4.78 is 34.6. The number of hydrogen-bond acceptors (Lipinski definition) is 6. The van der Waals surface area contributed by atoms with Crippen molar-refractivity contribution in [2.24, 2.45) is 0 Å². The highest BCUT2D eigenvalue weighted by Gasteiger charge is 2.12. The van der Waals surface area contributed by atoms with Crippen LogP contribution in [0, 0.1) is 0 Å². The van der Waals surface area contributed by atoms with E-state index in [-0.39, 0.29) is 5.75 Å². The molecule has 0 spiro atoms. The third-order valence-electron chi connectivity index (χ3n) is 2.00. The van der Waals surface area contributed by atoms with Crippen LogP contribution in [-0.4, -0.2) is 40.1 Å². The lowest BCUT2D eigenvalue weighted by Gasteiger charge is -2.02. The Morgan fingerprint density at radius 3 is 2.67 bits per heavy atom. The van der Waals surface area contributed by atoms with E-state index in [4.69, 9.17) is 0 Å². The molecule has 0 saturated heterocycles. The molecule has 2 rings (SSSR count). The molecule has 1 aromatic heterocycles. The van der Waals surface area contributed by atoms with Gasteiger partial charge in [0, 0.05) is 5.75 Å². The van der Waals surface area contributed by atoms with Gasteiger partial charge in [0.15, 0.2) is 0 Å². The molecular formula is C9H9FN4O2S2. The monoisotopic (exact) mass is 288 g/mol. The van der Waals surface area contributed by atoms with Crippen LogP contribution >= 0.6 is 11.8 Å². The van der Waals surface area contributed by atoms with E-state index in [9.17, 15) is 12.3 Å². The number of benzene rings is 1. The van der Waals surface area contributed by atoms with Gasteiger partial charge in [-0.3, -0.25) is 0 Å². The van der Waals surface area contributed by atoms with Crippen molar-refractivity contribution in [3.63, 3.8) is 0 Å². The molecule has 1 heterocycles. The zero-order valence-corrected chi connectivity index (χ0v) is 10.7. The van der Waals surface area contributed by atoms with Crippen molar-refractivity contribution in [2.45, 2.75) is 5.16 Å². The summed E-state index contributed by atoms with van der Waals surface area (Å²) in [5, 5.41) is 11.5. The maximum absolute atomic E-state index is 12.3. The predicted molar refractivity (Wildman–Crippen MR) is 64.8 cm³/mol. The minimum atomic E-state index is -4.45. The van der Waals surface area contributed by atoms with E-state index in [1.54, 1.807) is 0 Å². The Hall–Kier alpha value is -1.48. The molecule has 96 valence electrons. The number of tetrazole rings is 1. The molecule has 9 heteroatoms. The topological polar surface area (TPSA) is 77.7 Å². The summed E-state index contributed by atoms with van der Waals surface area (Å²) in [7, 11) is -4.45. The Balaban J connectivity index is 2.09. The van der Waals surface area contributed by atoms with Gasteiger partial charge in [-0.25, -0.2) is 0 Å². The van der Waals surface area contributed by atoms with E-state index in [0.29, 0.717) is 5.16 Å². The second kappa shape index (κ2) is 5.44. The lowest BCUT2D eigenvalue weighted by atomic mass is 10.3. The van der Waals surface area contributed by atoms with Crippen LogP contribution < -0.4 is 0 Å². The fourth-order valence-corrected chi connectivity index (χ4v) is 2.90. The average molecular weight is 288 g/mol. The zero-order valence-electron chi connectivity index (χ0n) is 9.10. The quantitative estimate of drug-likeness (QED) is 0.604. The van der Waals surface area contributed by atoms with E-state index in [0.717, 1.165) is 17.4 Å². The average Bonchev–Trinajstić information content (AvgIpc) is 2.77. The van der Waals surface area contributed by atoms with Crippen LogP contribution in [0.2, 0.25) is 0 Å². The van der Waals surface area contributed by atoms with Gasteiger partial charge in [0.2, 0.25) is 5.16 Å². The van der Waals surface area contributed by atoms with Gasteiger partial charge >= 0.3 is 10.2 Å². The van der Waals surface area contributed by atoms with Crippen LogP contribution in [0.25, 0.3) is 5.69 Å². The van der Waals surface area contributed by atoms with Gasteiger partial charge in [0.25, 0.3) is 0 Å². The maximum Gasteiger partial charge on any atom is 0.303 e. The highest BCUT2D eigenvalue weighted by molar-refractivity contribution is 8.00. The number of nitrogens with zero attached hydrogens (tertiary/aromatic N) is 4. The second-order valence-electron chi connectivity index (χ2n) is 3.30. The summed E-state index contributed by atoms with van der Waals surface area (Å²) in [4.78, 5) is 0. The summed E-state index contributed by atoms with van der Waals surface area (Å²) in [5.41, 5.74) is 0.758. The van der Waals surface area contributed by atoms with Gasteiger partial charge in [-0.2, -0.15) is 13.1 Å². The van der Waals surface area contributed by atoms with Crippen molar-refractivity contribution in [1.82, 2.24) is 20.2 Å². The number of para-hydroxylation sites is 1. The number of aromatic nitrogens is 4. The fourth-order valence-electron chi connectivity index (χ4n) is 1.23. The van der Waals surface area contributed by atoms with E-state index >= 15 is 0 Å². The summed E-state index contributed by atoms with van der Waals surface area (Å²) >= 11 is 1.08. The van der Waals surface area contributed by atoms with Crippen LogP contribution in [0.1, 0.15) is 0 Å². The molecule has 1 aromatic carbocycles. The first-order valence-corrected chi connectivity index (χ1v) is 7.49. The Kier molecular flexibility index (Phi) is 3.92. The molecular weight excluding hydrogens is 279 g/mol. The molecule has 0 saturated carbocycles.